The first-order valence-electron chi connectivity index (χ1n) is 5.50. The number of pyridine rings is 1. The fourth-order valence-corrected chi connectivity index (χ4v) is 1.70. The Morgan fingerprint density at radius 3 is 3.18 bits per heavy atom. The van der Waals surface area contributed by atoms with Crippen molar-refractivity contribution < 1.29 is 9.26 Å². The fraction of sp³-hybridized carbons (Fsp3) is 0.364. The molecule has 1 aliphatic heterocycles. The third-order valence-corrected chi connectivity index (χ3v) is 2.56. The highest BCUT2D eigenvalue weighted by molar-refractivity contribution is 5.51. The summed E-state index contributed by atoms with van der Waals surface area (Å²) in [7, 11) is 0. The van der Waals surface area contributed by atoms with Crippen molar-refractivity contribution in [1.82, 2.24) is 20.4 Å². The lowest BCUT2D eigenvalue weighted by molar-refractivity contribution is 0.00755. The van der Waals surface area contributed by atoms with Crippen molar-refractivity contribution in [2.24, 2.45) is 0 Å². The van der Waals surface area contributed by atoms with Crippen LogP contribution in [0.4, 0.5) is 0 Å². The molecule has 0 spiro atoms. The Labute approximate surface area is 98.0 Å². The topological polar surface area (TPSA) is 73.1 Å². The minimum atomic E-state index is -0.151. The highest BCUT2D eigenvalue weighted by atomic mass is 16.5. The maximum atomic E-state index is 5.54. The van der Waals surface area contributed by atoms with Gasteiger partial charge in [-0.1, -0.05) is 5.16 Å². The van der Waals surface area contributed by atoms with Crippen LogP contribution in [0.15, 0.2) is 29.0 Å². The van der Waals surface area contributed by atoms with Gasteiger partial charge in [0.2, 0.25) is 5.82 Å². The van der Waals surface area contributed by atoms with Crippen LogP contribution >= 0.6 is 0 Å². The molecule has 0 unspecified atom stereocenters. The van der Waals surface area contributed by atoms with E-state index in [0.717, 1.165) is 12.1 Å². The summed E-state index contributed by atoms with van der Waals surface area (Å²) in [5.74, 6) is 1.05. The van der Waals surface area contributed by atoms with E-state index in [1.54, 1.807) is 12.4 Å². The molecule has 17 heavy (non-hydrogen) atoms. The molecule has 1 atom stereocenters. The second-order valence-electron chi connectivity index (χ2n) is 3.76. The fourth-order valence-electron chi connectivity index (χ4n) is 1.70. The second kappa shape index (κ2) is 4.60. The smallest absolute Gasteiger partial charge is 0.257 e. The number of morpholine rings is 1. The van der Waals surface area contributed by atoms with Gasteiger partial charge in [0.25, 0.3) is 5.89 Å². The second-order valence-corrected chi connectivity index (χ2v) is 3.76. The zero-order chi connectivity index (χ0) is 11.5. The average molecular weight is 232 g/mol. The van der Waals surface area contributed by atoms with Gasteiger partial charge in [-0.25, -0.2) is 0 Å². The van der Waals surface area contributed by atoms with Gasteiger partial charge in [0.1, 0.15) is 6.10 Å². The van der Waals surface area contributed by atoms with Crippen LogP contribution in [-0.4, -0.2) is 34.8 Å². The summed E-state index contributed by atoms with van der Waals surface area (Å²) in [4.78, 5) is 8.34. The first-order chi connectivity index (χ1) is 8.43. The van der Waals surface area contributed by atoms with Crippen LogP contribution in [0, 0.1) is 0 Å². The summed E-state index contributed by atoms with van der Waals surface area (Å²) >= 11 is 0. The normalized spacial score (nSPS) is 20.4. The maximum Gasteiger partial charge on any atom is 0.257 e. The summed E-state index contributed by atoms with van der Waals surface area (Å²) in [5, 5.41) is 7.14. The number of ether oxygens (including phenoxy) is 1. The van der Waals surface area contributed by atoms with E-state index >= 15 is 0 Å². The van der Waals surface area contributed by atoms with E-state index in [0.29, 0.717) is 24.9 Å². The molecule has 1 fully saturated rings. The van der Waals surface area contributed by atoms with E-state index in [1.165, 1.54) is 0 Å². The zero-order valence-electron chi connectivity index (χ0n) is 9.17. The van der Waals surface area contributed by atoms with Gasteiger partial charge in [-0.15, -0.1) is 0 Å². The third-order valence-electron chi connectivity index (χ3n) is 2.56. The van der Waals surface area contributed by atoms with E-state index in [-0.39, 0.29) is 6.10 Å². The van der Waals surface area contributed by atoms with Crippen molar-refractivity contribution in [2.75, 3.05) is 19.7 Å². The number of hydrogen-bond donors (Lipinski definition) is 1. The molecule has 88 valence electrons. The van der Waals surface area contributed by atoms with Crippen molar-refractivity contribution in [1.29, 1.82) is 0 Å². The van der Waals surface area contributed by atoms with Gasteiger partial charge < -0.3 is 14.6 Å². The van der Waals surface area contributed by atoms with Crippen molar-refractivity contribution >= 4 is 0 Å². The van der Waals surface area contributed by atoms with Gasteiger partial charge in [0, 0.05) is 31.0 Å². The molecule has 1 saturated heterocycles. The number of hydrogen-bond acceptors (Lipinski definition) is 6. The zero-order valence-corrected chi connectivity index (χ0v) is 9.17. The van der Waals surface area contributed by atoms with Crippen molar-refractivity contribution in [3.63, 3.8) is 0 Å². The predicted molar refractivity (Wildman–Crippen MR) is 59.1 cm³/mol. The number of aromatic nitrogens is 3. The minimum Gasteiger partial charge on any atom is -0.366 e. The van der Waals surface area contributed by atoms with Crippen molar-refractivity contribution in [3.05, 3.63) is 30.4 Å². The first kappa shape index (κ1) is 10.4. The summed E-state index contributed by atoms with van der Waals surface area (Å²) in [6.45, 7) is 2.23. The molecule has 2 aromatic rings. The monoisotopic (exact) mass is 232 g/mol. The molecule has 0 amide bonds. The van der Waals surface area contributed by atoms with Crippen LogP contribution in [-0.2, 0) is 4.74 Å². The van der Waals surface area contributed by atoms with Crippen molar-refractivity contribution in [2.45, 2.75) is 6.10 Å². The van der Waals surface area contributed by atoms with Crippen LogP contribution in [0.1, 0.15) is 12.0 Å². The van der Waals surface area contributed by atoms with E-state index in [9.17, 15) is 0 Å². The Bertz CT molecular complexity index is 479. The quantitative estimate of drug-likeness (QED) is 0.825. The molecule has 0 aliphatic carbocycles. The summed E-state index contributed by atoms with van der Waals surface area (Å²) < 4.78 is 10.7. The highest BCUT2D eigenvalue weighted by Crippen LogP contribution is 2.20. The Hall–Kier alpha value is -1.79. The molecule has 6 nitrogen and oxygen atoms in total. The molecule has 3 heterocycles. The van der Waals surface area contributed by atoms with Gasteiger partial charge in [0.15, 0.2) is 0 Å². The SMILES string of the molecule is c1cncc(-c2noc([C@H]3CNCCO3)n2)c1. The largest absolute Gasteiger partial charge is 0.366 e. The summed E-state index contributed by atoms with van der Waals surface area (Å²) in [6.07, 6.45) is 3.26. The first-order valence-corrected chi connectivity index (χ1v) is 5.50. The van der Waals surface area contributed by atoms with Gasteiger partial charge in [-0.3, -0.25) is 4.98 Å². The molecule has 0 saturated carbocycles. The standard InChI is InChI=1S/C11H12N4O2/c1-2-8(6-12-3-1)10-14-11(17-15-10)9-7-13-4-5-16-9/h1-3,6,9,13H,4-5,7H2/t9-/m1/s1. The molecule has 3 rings (SSSR count). The summed E-state index contributed by atoms with van der Waals surface area (Å²) in [6, 6.07) is 3.73. The number of nitrogens with one attached hydrogen (secondary N) is 1. The molecule has 2 aromatic heterocycles. The van der Waals surface area contributed by atoms with Crippen LogP contribution in [0.5, 0.6) is 0 Å². The lowest BCUT2D eigenvalue weighted by Gasteiger charge is -2.19. The maximum absolute atomic E-state index is 5.54. The number of nitrogens with zero attached hydrogens (tertiary/aromatic N) is 3. The molecule has 1 N–H and O–H groups in total. The molecule has 1 aliphatic rings. The van der Waals surface area contributed by atoms with Gasteiger partial charge in [0.05, 0.1) is 6.61 Å². The van der Waals surface area contributed by atoms with Gasteiger partial charge >= 0.3 is 0 Å². The van der Waals surface area contributed by atoms with Gasteiger partial charge in [-0.2, -0.15) is 4.98 Å². The average Bonchev–Trinajstić information content (AvgIpc) is 2.90. The Morgan fingerprint density at radius 2 is 2.41 bits per heavy atom. The van der Waals surface area contributed by atoms with E-state index < -0.39 is 0 Å². The molecule has 0 radical (unpaired) electrons. The molecule has 0 aromatic carbocycles. The van der Waals surface area contributed by atoms with Gasteiger partial charge in [-0.05, 0) is 12.1 Å². The number of rotatable bonds is 2. The Morgan fingerprint density at radius 1 is 1.41 bits per heavy atom. The van der Waals surface area contributed by atoms with Crippen LogP contribution in [0.3, 0.4) is 0 Å². The van der Waals surface area contributed by atoms with E-state index in [2.05, 4.69) is 20.4 Å². The minimum absolute atomic E-state index is 0.151. The van der Waals surface area contributed by atoms with Crippen LogP contribution in [0.2, 0.25) is 0 Å². The van der Waals surface area contributed by atoms with E-state index in [4.69, 9.17) is 9.26 Å². The Balaban J connectivity index is 1.83. The van der Waals surface area contributed by atoms with Crippen LogP contribution < -0.4 is 5.32 Å². The molecular weight excluding hydrogens is 220 g/mol. The lowest BCUT2D eigenvalue weighted by Crippen LogP contribution is -2.33. The highest BCUT2D eigenvalue weighted by Gasteiger charge is 2.22. The Kier molecular flexibility index (Phi) is 2.81. The lowest BCUT2D eigenvalue weighted by atomic mass is 10.2. The molecule has 0 bridgehead atoms. The predicted octanol–water partition coefficient (Wildman–Crippen LogP) is 0.792. The molecule has 6 heteroatoms. The summed E-state index contributed by atoms with van der Waals surface area (Å²) in [5.41, 5.74) is 0.839. The van der Waals surface area contributed by atoms with Crippen LogP contribution in [0.25, 0.3) is 11.4 Å². The van der Waals surface area contributed by atoms with E-state index in [1.807, 2.05) is 12.1 Å². The third kappa shape index (κ3) is 2.17. The van der Waals surface area contributed by atoms with Crippen molar-refractivity contribution in [3.8, 4) is 11.4 Å². The molecular formula is C11H12N4O2.